The predicted molar refractivity (Wildman–Crippen MR) is 93.5 cm³/mol. The first-order valence-electron chi connectivity index (χ1n) is 8.62. The van der Waals surface area contributed by atoms with Crippen LogP contribution in [0, 0.1) is 5.92 Å². The van der Waals surface area contributed by atoms with Gasteiger partial charge in [0.25, 0.3) is 0 Å². The summed E-state index contributed by atoms with van der Waals surface area (Å²) in [5.74, 6) is -2.62. The summed E-state index contributed by atoms with van der Waals surface area (Å²) >= 11 is 0. The molecule has 0 aromatic heterocycles. The van der Waals surface area contributed by atoms with E-state index in [0.29, 0.717) is 25.8 Å². The van der Waals surface area contributed by atoms with Gasteiger partial charge >= 0.3 is 5.97 Å². The molecule has 0 saturated carbocycles. The van der Waals surface area contributed by atoms with Crippen molar-refractivity contribution in [2.45, 2.75) is 70.7 Å². The third-order valence-corrected chi connectivity index (χ3v) is 4.18. The standard InChI is InChI=1S/C16H32N4O5/c1-4-9(2)13(20-14(22)12(18)10(3)21)15(23)19-11(16(24)25)7-5-6-8-17/h9-13,21H,4-8,17-18H2,1-3H3,(H,19,23)(H,20,22)(H,24,25). The molecule has 5 unspecified atom stereocenters. The van der Waals surface area contributed by atoms with Crippen LogP contribution in [0.3, 0.4) is 0 Å². The first-order valence-corrected chi connectivity index (χ1v) is 8.62. The molecular formula is C16H32N4O5. The van der Waals surface area contributed by atoms with Crippen molar-refractivity contribution in [3.05, 3.63) is 0 Å². The van der Waals surface area contributed by atoms with E-state index in [-0.39, 0.29) is 12.3 Å². The lowest BCUT2D eigenvalue weighted by Crippen LogP contribution is -2.58. The molecule has 0 heterocycles. The highest BCUT2D eigenvalue weighted by Gasteiger charge is 2.31. The molecule has 0 radical (unpaired) electrons. The molecule has 0 aromatic rings. The summed E-state index contributed by atoms with van der Waals surface area (Å²) in [7, 11) is 0. The van der Waals surface area contributed by atoms with Gasteiger partial charge in [-0.25, -0.2) is 4.79 Å². The minimum absolute atomic E-state index is 0.233. The lowest BCUT2D eigenvalue weighted by atomic mass is 9.97. The number of carbonyl (C=O) groups excluding carboxylic acids is 2. The van der Waals surface area contributed by atoms with Crippen molar-refractivity contribution in [1.29, 1.82) is 0 Å². The molecule has 0 aliphatic heterocycles. The van der Waals surface area contributed by atoms with Crippen LogP contribution in [0.15, 0.2) is 0 Å². The highest BCUT2D eigenvalue weighted by atomic mass is 16.4. The molecule has 9 nitrogen and oxygen atoms in total. The van der Waals surface area contributed by atoms with Gasteiger partial charge in [0, 0.05) is 0 Å². The van der Waals surface area contributed by atoms with Gasteiger partial charge in [0.1, 0.15) is 18.1 Å². The molecule has 146 valence electrons. The zero-order chi connectivity index (χ0) is 19.6. The van der Waals surface area contributed by atoms with E-state index in [9.17, 15) is 24.6 Å². The number of rotatable bonds is 12. The molecule has 9 heteroatoms. The van der Waals surface area contributed by atoms with E-state index in [2.05, 4.69) is 10.6 Å². The van der Waals surface area contributed by atoms with Crippen molar-refractivity contribution in [3.8, 4) is 0 Å². The number of hydrogen-bond acceptors (Lipinski definition) is 6. The summed E-state index contributed by atoms with van der Waals surface area (Å²) in [6.07, 6.45) is 1.01. The number of amides is 2. The van der Waals surface area contributed by atoms with Crippen molar-refractivity contribution in [2.24, 2.45) is 17.4 Å². The molecule has 8 N–H and O–H groups in total. The van der Waals surface area contributed by atoms with Crippen LogP contribution in [0.5, 0.6) is 0 Å². The lowest BCUT2D eigenvalue weighted by Gasteiger charge is -2.27. The van der Waals surface area contributed by atoms with Gasteiger partial charge < -0.3 is 32.3 Å². The maximum Gasteiger partial charge on any atom is 0.326 e. The van der Waals surface area contributed by atoms with Gasteiger partial charge in [-0.05, 0) is 38.6 Å². The molecular weight excluding hydrogens is 328 g/mol. The molecule has 0 spiro atoms. The number of carboxylic acids is 1. The number of carbonyl (C=O) groups is 3. The van der Waals surface area contributed by atoms with Crippen LogP contribution in [0.4, 0.5) is 0 Å². The van der Waals surface area contributed by atoms with Crippen LogP contribution in [-0.2, 0) is 14.4 Å². The van der Waals surface area contributed by atoms with Crippen molar-refractivity contribution in [1.82, 2.24) is 10.6 Å². The highest BCUT2D eigenvalue weighted by Crippen LogP contribution is 2.10. The summed E-state index contributed by atoms with van der Waals surface area (Å²) in [5.41, 5.74) is 11.0. The number of aliphatic hydroxyl groups is 1. The Kier molecular flexibility index (Phi) is 11.0. The zero-order valence-corrected chi connectivity index (χ0v) is 15.2. The fraction of sp³-hybridized carbons (Fsp3) is 0.812. The average Bonchev–Trinajstić information content (AvgIpc) is 2.56. The van der Waals surface area contributed by atoms with Crippen LogP contribution in [0.2, 0.25) is 0 Å². The number of carboxylic acid groups (broad SMARTS) is 1. The normalized spacial score (nSPS) is 17.0. The van der Waals surface area contributed by atoms with E-state index in [1.807, 2.05) is 6.92 Å². The van der Waals surface area contributed by atoms with Crippen molar-refractivity contribution >= 4 is 17.8 Å². The maximum atomic E-state index is 12.5. The molecule has 0 bridgehead atoms. The van der Waals surface area contributed by atoms with Gasteiger partial charge in [-0.1, -0.05) is 20.3 Å². The summed E-state index contributed by atoms with van der Waals surface area (Å²) in [5, 5.41) is 23.6. The van der Waals surface area contributed by atoms with E-state index in [4.69, 9.17) is 11.5 Å². The van der Waals surface area contributed by atoms with Gasteiger partial charge in [-0.15, -0.1) is 0 Å². The van der Waals surface area contributed by atoms with Crippen LogP contribution in [-0.4, -0.2) is 58.8 Å². The topological polar surface area (TPSA) is 168 Å². The Hall–Kier alpha value is -1.71. The Morgan fingerprint density at radius 2 is 1.68 bits per heavy atom. The molecule has 0 rings (SSSR count). The van der Waals surface area contributed by atoms with Crippen molar-refractivity contribution in [3.63, 3.8) is 0 Å². The monoisotopic (exact) mass is 360 g/mol. The van der Waals surface area contributed by atoms with Crippen LogP contribution >= 0.6 is 0 Å². The molecule has 0 aliphatic rings. The highest BCUT2D eigenvalue weighted by molar-refractivity contribution is 5.92. The number of unbranched alkanes of at least 4 members (excludes halogenated alkanes) is 1. The second-order valence-electron chi connectivity index (χ2n) is 6.32. The lowest BCUT2D eigenvalue weighted by molar-refractivity contribution is -0.142. The predicted octanol–water partition coefficient (Wildman–Crippen LogP) is -1.08. The largest absolute Gasteiger partial charge is 0.480 e. The smallest absolute Gasteiger partial charge is 0.326 e. The fourth-order valence-corrected chi connectivity index (χ4v) is 2.18. The summed E-state index contributed by atoms with van der Waals surface area (Å²) in [4.78, 5) is 35.9. The zero-order valence-electron chi connectivity index (χ0n) is 15.2. The van der Waals surface area contributed by atoms with E-state index < -0.39 is 42.0 Å². The first kappa shape index (κ1) is 23.3. The minimum Gasteiger partial charge on any atom is -0.480 e. The SMILES string of the molecule is CCC(C)C(NC(=O)C(N)C(C)O)C(=O)NC(CCCCN)C(=O)O. The number of aliphatic carboxylic acids is 1. The number of nitrogens with one attached hydrogen (secondary N) is 2. The molecule has 0 saturated heterocycles. The Balaban J connectivity index is 5.03. The Labute approximate surface area is 148 Å². The Bertz CT molecular complexity index is 444. The Morgan fingerprint density at radius 1 is 1.08 bits per heavy atom. The minimum atomic E-state index is -1.17. The van der Waals surface area contributed by atoms with Gasteiger partial charge in [0.15, 0.2) is 0 Å². The van der Waals surface area contributed by atoms with Crippen LogP contribution in [0.1, 0.15) is 46.5 Å². The van der Waals surface area contributed by atoms with E-state index in [1.54, 1.807) is 6.92 Å². The average molecular weight is 360 g/mol. The second-order valence-corrected chi connectivity index (χ2v) is 6.32. The van der Waals surface area contributed by atoms with E-state index in [0.717, 1.165) is 0 Å². The van der Waals surface area contributed by atoms with Crippen molar-refractivity contribution in [2.75, 3.05) is 6.54 Å². The van der Waals surface area contributed by atoms with E-state index >= 15 is 0 Å². The summed E-state index contributed by atoms with van der Waals surface area (Å²) in [6, 6.07) is -3.15. The molecule has 0 aliphatic carbocycles. The number of aliphatic hydroxyl groups excluding tert-OH is 1. The fourth-order valence-electron chi connectivity index (χ4n) is 2.18. The van der Waals surface area contributed by atoms with E-state index in [1.165, 1.54) is 6.92 Å². The number of nitrogens with two attached hydrogens (primary N) is 2. The first-order chi connectivity index (χ1) is 11.6. The van der Waals surface area contributed by atoms with Gasteiger partial charge in [0.2, 0.25) is 11.8 Å². The molecule has 2 amide bonds. The van der Waals surface area contributed by atoms with Crippen molar-refractivity contribution < 1.29 is 24.6 Å². The van der Waals surface area contributed by atoms with Gasteiger partial charge in [-0.2, -0.15) is 0 Å². The van der Waals surface area contributed by atoms with Crippen LogP contribution < -0.4 is 22.1 Å². The quantitative estimate of drug-likeness (QED) is 0.241. The third-order valence-electron chi connectivity index (χ3n) is 4.18. The molecule has 25 heavy (non-hydrogen) atoms. The van der Waals surface area contributed by atoms with Gasteiger partial charge in [-0.3, -0.25) is 9.59 Å². The summed E-state index contributed by atoms with van der Waals surface area (Å²) < 4.78 is 0. The molecule has 5 atom stereocenters. The molecule has 0 fully saturated rings. The summed E-state index contributed by atoms with van der Waals surface area (Å²) in [6.45, 7) is 5.44. The maximum absolute atomic E-state index is 12.5. The third kappa shape index (κ3) is 8.28. The number of hydrogen-bond donors (Lipinski definition) is 6. The van der Waals surface area contributed by atoms with Gasteiger partial charge in [0.05, 0.1) is 6.10 Å². The Morgan fingerprint density at radius 3 is 2.12 bits per heavy atom. The van der Waals surface area contributed by atoms with Crippen LogP contribution in [0.25, 0.3) is 0 Å². The molecule has 0 aromatic carbocycles. The second kappa shape index (κ2) is 11.8.